The molecule has 0 saturated heterocycles. The molecule has 23 heavy (non-hydrogen) atoms. The normalized spacial score (nSPS) is 10.4. The molecule has 0 spiro atoms. The van der Waals surface area contributed by atoms with E-state index in [2.05, 4.69) is 20.8 Å². The van der Waals surface area contributed by atoms with Gasteiger partial charge in [0.2, 0.25) is 16.9 Å². The third-order valence-corrected chi connectivity index (χ3v) is 4.77. The summed E-state index contributed by atoms with van der Waals surface area (Å²) in [6, 6.07) is 3.94. The van der Waals surface area contributed by atoms with Crippen molar-refractivity contribution in [2.24, 2.45) is 0 Å². The molecular formula is C13H12ClFN4O2S2. The van der Waals surface area contributed by atoms with E-state index in [4.69, 9.17) is 11.6 Å². The van der Waals surface area contributed by atoms with E-state index in [9.17, 15) is 14.0 Å². The molecule has 0 bridgehead atoms. The molecule has 6 nitrogen and oxygen atoms in total. The quantitative estimate of drug-likeness (QED) is 0.598. The van der Waals surface area contributed by atoms with Crippen LogP contribution in [0.15, 0.2) is 22.5 Å². The van der Waals surface area contributed by atoms with Crippen molar-refractivity contribution in [1.82, 2.24) is 10.2 Å². The van der Waals surface area contributed by atoms with Crippen LogP contribution in [0.1, 0.15) is 13.3 Å². The summed E-state index contributed by atoms with van der Waals surface area (Å²) < 4.78 is 13.6. The average Bonchev–Trinajstić information content (AvgIpc) is 2.96. The van der Waals surface area contributed by atoms with E-state index in [-0.39, 0.29) is 22.6 Å². The van der Waals surface area contributed by atoms with E-state index in [1.807, 2.05) is 0 Å². The second-order valence-electron chi connectivity index (χ2n) is 4.24. The number of thioether (sulfide) groups is 1. The first-order chi connectivity index (χ1) is 11.0. The molecule has 0 aliphatic heterocycles. The third-order valence-electron chi connectivity index (χ3n) is 2.50. The van der Waals surface area contributed by atoms with Crippen LogP contribution in [-0.2, 0) is 9.59 Å². The van der Waals surface area contributed by atoms with Gasteiger partial charge in [0, 0.05) is 12.1 Å². The SMILES string of the molecule is CCC(=O)Nc1nnc(SCC(=O)Nc2ccc(F)c(Cl)c2)s1. The summed E-state index contributed by atoms with van der Waals surface area (Å²) in [5.74, 6) is -0.879. The highest BCUT2D eigenvalue weighted by Gasteiger charge is 2.10. The standard InChI is InChI=1S/C13H12ClFN4O2S2/c1-2-10(20)17-12-18-19-13(23-12)22-6-11(21)16-7-3-4-9(15)8(14)5-7/h3-5H,2,6H2,1H3,(H,16,21)(H,17,18,20). The molecular weight excluding hydrogens is 363 g/mol. The molecule has 0 aliphatic carbocycles. The predicted octanol–water partition coefficient (Wildman–Crippen LogP) is 3.41. The zero-order valence-corrected chi connectivity index (χ0v) is 14.3. The van der Waals surface area contributed by atoms with Crippen molar-refractivity contribution in [3.05, 3.63) is 29.0 Å². The number of amides is 2. The van der Waals surface area contributed by atoms with Gasteiger partial charge in [-0.05, 0) is 18.2 Å². The first-order valence-electron chi connectivity index (χ1n) is 6.49. The molecule has 2 N–H and O–H groups in total. The Balaban J connectivity index is 1.84. The van der Waals surface area contributed by atoms with Crippen LogP contribution in [0, 0.1) is 5.82 Å². The maximum Gasteiger partial charge on any atom is 0.234 e. The number of hydrogen-bond donors (Lipinski definition) is 2. The molecule has 0 fully saturated rings. The Morgan fingerprint density at radius 1 is 1.30 bits per heavy atom. The first-order valence-corrected chi connectivity index (χ1v) is 8.67. The fourth-order valence-corrected chi connectivity index (χ4v) is 3.17. The number of carbonyl (C=O) groups is 2. The fourth-order valence-electron chi connectivity index (χ4n) is 1.42. The Labute approximate surface area is 144 Å². The van der Waals surface area contributed by atoms with Crippen molar-refractivity contribution in [3.63, 3.8) is 0 Å². The number of aromatic nitrogens is 2. The number of carbonyl (C=O) groups excluding carboxylic acids is 2. The lowest BCUT2D eigenvalue weighted by Crippen LogP contribution is -2.13. The Kier molecular flexibility index (Phi) is 6.31. The lowest BCUT2D eigenvalue weighted by molar-refractivity contribution is -0.116. The zero-order chi connectivity index (χ0) is 16.8. The van der Waals surface area contributed by atoms with Gasteiger partial charge in [0.1, 0.15) is 5.82 Å². The largest absolute Gasteiger partial charge is 0.325 e. The topological polar surface area (TPSA) is 84.0 Å². The minimum absolute atomic E-state index is 0.0594. The number of hydrogen-bond acceptors (Lipinski definition) is 6. The Morgan fingerprint density at radius 2 is 2.09 bits per heavy atom. The Bertz CT molecular complexity index is 726. The summed E-state index contributed by atoms with van der Waals surface area (Å²) in [5, 5.41) is 13.2. The highest BCUT2D eigenvalue weighted by atomic mass is 35.5. The second kappa shape index (κ2) is 8.23. The van der Waals surface area contributed by atoms with Crippen LogP contribution >= 0.6 is 34.7 Å². The second-order valence-corrected chi connectivity index (χ2v) is 6.85. The Hall–Kier alpha value is -1.71. The highest BCUT2D eigenvalue weighted by Crippen LogP contribution is 2.26. The van der Waals surface area contributed by atoms with Crippen LogP contribution in [0.5, 0.6) is 0 Å². The lowest BCUT2D eigenvalue weighted by atomic mass is 10.3. The number of anilines is 2. The number of rotatable bonds is 6. The van der Waals surface area contributed by atoms with Crippen molar-refractivity contribution >= 4 is 57.3 Å². The van der Waals surface area contributed by atoms with Crippen LogP contribution in [0.4, 0.5) is 15.2 Å². The van der Waals surface area contributed by atoms with Gasteiger partial charge in [0.25, 0.3) is 0 Å². The summed E-state index contributed by atoms with van der Waals surface area (Å²) in [6.45, 7) is 1.73. The molecule has 0 atom stereocenters. The van der Waals surface area contributed by atoms with Crippen molar-refractivity contribution in [2.45, 2.75) is 17.7 Å². The van der Waals surface area contributed by atoms with Crippen molar-refractivity contribution in [2.75, 3.05) is 16.4 Å². The van der Waals surface area contributed by atoms with E-state index in [1.165, 1.54) is 41.3 Å². The maximum atomic E-state index is 13.0. The summed E-state index contributed by atoms with van der Waals surface area (Å²) in [7, 11) is 0. The van der Waals surface area contributed by atoms with Gasteiger partial charge in [-0.1, -0.05) is 41.6 Å². The molecule has 2 rings (SSSR count). The molecule has 122 valence electrons. The van der Waals surface area contributed by atoms with Crippen molar-refractivity contribution in [1.29, 1.82) is 0 Å². The van der Waals surface area contributed by atoms with Gasteiger partial charge in [0.15, 0.2) is 4.34 Å². The van der Waals surface area contributed by atoms with Gasteiger partial charge >= 0.3 is 0 Å². The van der Waals surface area contributed by atoms with Gasteiger partial charge in [-0.15, -0.1) is 10.2 Å². The van der Waals surface area contributed by atoms with Crippen LogP contribution in [0.3, 0.4) is 0 Å². The van der Waals surface area contributed by atoms with Gasteiger partial charge in [-0.2, -0.15) is 0 Å². The van der Waals surface area contributed by atoms with Gasteiger partial charge in [0.05, 0.1) is 10.8 Å². The number of nitrogens with zero attached hydrogens (tertiary/aromatic N) is 2. The van der Waals surface area contributed by atoms with Gasteiger partial charge in [-0.3, -0.25) is 9.59 Å². The molecule has 10 heteroatoms. The molecule has 0 unspecified atom stereocenters. The van der Waals surface area contributed by atoms with Crippen LogP contribution in [0.25, 0.3) is 0 Å². The summed E-state index contributed by atoms with van der Waals surface area (Å²) in [6.07, 6.45) is 0.352. The predicted molar refractivity (Wildman–Crippen MR) is 89.6 cm³/mol. The first kappa shape index (κ1) is 17.6. The number of benzene rings is 1. The molecule has 0 saturated carbocycles. The van der Waals surface area contributed by atoms with Crippen LogP contribution < -0.4 is 10.6 Å². The van der Waals surface area contributed by atoms with Crippen LogP contribution in [-0.4, -0.2) is 27.8 Å². The smallest absolute Gasteiger partial charge is 0.234 e. The minimum atomic E-state index is -0.547. The number of halogens is 2. The average molecular weight is 375 g/mol. The molecule has 2 aromatic rings. The maximum absolute atomic E-state index is 13.0. The highest BCUT2D eigenvalue weighted by molar-refractivity contribution is 8.01. The number of nitrogens with one attached hydrogen (secondary N) is 2. The molecule has 1 heterocycles. The van der Waals surface area contributed by atoms with Crippen LogP contribution in [0.2, 0.25) is 5.02 Å². The molecule has 0 radical (unpaired) electrons. The van der Waals surface area contributed by atoms with E-state index >= 15 is 0 Å². The van der Waals surface area contributed by atoms with E-state index in [1.54, 1.807) is 6.92 Å². The zero-order valence-electron chi connectivity index (χ0n) is 11.9. The van der Waals surface area contributed by atoms with E-state index < -0.39 is 5.82 Å². The Morgan fingerprint density at radius 3 is 2.78 bits per heavy atom. The van der Waals surface area contributed by atoms with Gasteiger partial charge in [-0.25, -0.2) is 4.39 Å². The summed E-state index contributed by atoms with van der Waals surface area (Å²) in [5.41, 5.74) is 0.412. The monoisotopic (exact) mass is 374 g/mol. The van der Waals surface area contributed by atoms with Crippen molar-refractivity contribution in [3.8, 4) is 0 Å². The van der Waals surface area contributed by atoms with E-state index in [0.717, 1.165) is 0 Å². The third kappa shape index (κ3) is 5.45. The van der Waals surface area contributed by atoms with Crippen molar-refractivity contribution < 1.29 is 14.0 Å². The lowest BCUT2D eigenvalue weighted by Gasteiger charge is -2.04. The van der Waals surface area contributed by atoms with E-state index in [0.29, 0.717) is 21.6 Å². The summed E-state index contributed by atoms with van der Waals surface area (Å²) >= 11 is 8.02. The summed E-state index contributed by atoms with van der Waals surface area (Å²) in [4.78, 5) is 23.1. The minimum Gasteiger partial charge on any atom is -0.325 e. The fraction of sp³-hybridized carbons (Fsp3) is 0.231. The molecule has 1 aromatic heterocycles. The molecule has 0 aliphatic rings. The molecule has 2 amide bonds. The molecule has 1 aromatic carbocycles. The van der Waals surface area contributed by atoms with Gasteiger partial charge < -0.3 is 10.6 Å².